The van der Waals surface area contributed by atoms with Crippen LogP contribution in [0.2, 0.25) is 0 Å². The highest BCUT2D eigenvalue weighted by molar-refractivity contribution is 5.08. The van der Waals surface area contributed by atoms with Crippen LogP contribution in [-0.4, -0.2) is 14.7 Å². The summed E-state index contributed by atoms with van der Waals surface area (Å²) in [6.07, 6.45) is 1.97. The number of hydrogen-bond acceptors (Lipinski definition) is 4. The number of aromatic nitrogens is 3. The second kappa shape index (κ2) is 4.49. The minimum Gasteiger partial charge on any atom is -0.342 e. The summed E-state index contributed by atoms with van der Waals surface area (Å²) in [6, 6.07) is 3.95. The van der Waals surface area contributed by atoms with E-state index < -0.39 is 0 Å². The molecule has 16 heavy (non-hydrogen) atoms. The summed E-state index contributed by atoms with van der Waals surface area (Å²) >= 11 is 0. The van der Waals surface area contributed by atoms with Gasteiger partial charge in [0, 0.05) is 24.4 Å². The van der Waals surface area contributed by atoms with E-state index in [0.29, 0.717) is 24.8 Å². The molecule has 0 atom stereocenters. The zero-order valence-electron chi connectivity index (χ0n) is 9.55. The van der Waals surface area contributed by atoms with Gasteiger partial charge in [-0.3, -0.25) is 0 Å². The number of hydrogen-bond donors (Lipinski definition) is 1. The fourth-order valence-corrected chi connectivity index (χ4v) is 1.51. The number of nitrogens with zero attached hydrogens (tertiary/aromatic N) is 3. The Hall–Kier alpha value is -1.62. The van der Waals surface area contributed by atoms with Gasteiger partial charge in [-0.1, -0.05) is 19.0 Å². The van der Waals surface area contributed by atoms with Crippen molar-refractivity contribution in [3.05, 3.63) is 35.7 Å². The third kappa shape index (κ3) is 2.14. The highest BCUT2D eigenvalue weighted by atomic mass is 16.5. The van der Waals surface area contributed by atoms with Crippen LogP contribution in [0.1, 0.15) is 37.2 Å². The summed E-state index contributed by atoms with van der Waals surface area (Å²) in [5, 5.41) is 3.94. The molecule has 0 aromatic carbocycles. The molecule has 0 radical (unpaired) electrons. The number of nitrogens with two attached hydrogens (primary N) is 1. The molecule has 0 saturated heterocycles. The first-order valence-corrected chi connectivity index (χ1v) is 5.37. The van der Waals surface area contributed by atoms with Gasteiger partial charge in [0.2, 0.25) is 5.89 Å². The van der Waals surface area contributed by atoms with Crippen LogP contribution in [0.4, 0.5) is 0 Å². The van der Waals surface area contributed by atoms with E-state index in [1.807, 2.05) is 36.7 Å². The molecular weight excluding hydrogens is 204 g/mol. The van der Waals surface area contributed by atoms with E-state index in [2.05, 4.69) is 10.1 Å². The highest BCUT2D eigenvalue weighted by Gasteiger charge is 2.10. The Balaban J connectivity index is 2.14. The summed E-state index contributed by atoms with van der Waals surface area (Å²) in [5.74, 6) is 1.63. The lowest BCUT2D eigenvalue weighted by molar-refractivity contribution is 0.359. The molecule has 0 saturated carbocycles. The second-order valence-electron chi connectivity index (χ2n) is 4.04. The molecule has 0 aliphatic heterocycles. The van der Waals surface area contributed by atoms with Crippen LogP contribution in [0.15, 0.2) is 22.9 Å². The van der Waals surface area contributed by atoms with E-state index in [1.54, 1.807) is 0 Å². The third-order valence-corrected chi connectivity index (χ3v) is 2.42. The maximum Gasteiger partial charge on any atom is 0.229 e. The van der Waals surface area contributed by atoms with Crippen molar-refractivity contribution in [2.45, 2.75) is 32.9 Å². The van der Waals surface area contributed by atoms with E-state index in [4.69, 9.17) is 10.3 Å². The summed E-state index contributed by atoms with van der Waals surface area (Å²) in [4.78, 5) is 4.32. The molecule has 0 aliphatic rings. The Morgan fingerprint density at radius 2 is 2.31 bits per heavy atom. The van der Waals surface area contributed by atoms with Crippen molar-refractivity contribution in [2.24, 2.45) is 5.73 Å². The van der Waals surface area contributed by atoms with Gasteiger partial charge in [-0.2, -0.15) is 4.98 Å². The molecule has 0 fully saturated rings. The molecular formula is C11H16N4O. The lowest BCUT2D eigenvalue weighted by Crippen LogP contribution is -2.08. The molecule has 5 heteroatoms. The van der Waals surface area contributed by atoms with Crippen LogP contribution in [0.3, 0.4) is 0 Å². The van der Waals surface area contributed by atoms with Crippen LogP contribution in [0.5, 0.6) is 0 Å². The molecule has 2 rings (SSSR count). The van der Waals surface area contributed by atoms with Crippen molar-refractivity contribution in [1.29, 1.82) is 0 Å². The standard InChI is InChI=1S/C11H16N4O/c1-8(2)11-13-10(14-16-11)7-15-5-3-4-9(15)6-12/h3-5,8H,6-7,12H2,1-2H3. The first-order valence-electron chi connectivity index (χ1n) is 5.37. The third-order valence-electron chi connectivity index (χ3n) is 2.42. The van der Waals surface area contributed by atoms with Gasteiger partial charge >= 0.3 is 0 Å². The minimum absolute atomic E-state index is 0.264. The zero-order valence-corrected chi connectivity index (χ0v) is 9.55. The molecule has 2 heterocycles. The van der Waals surface area contributed by atoms with Gasteiger partial charge in [-0.25, -0.2) is 0 Å². The van der Waals surface area contributed by atoms with E-state index in [0.717, 1.165) is 5.69 Å². The summed E-state index contributed by atoms with van der Waals surface area (Å²) in [7, 11) is 0. The largest absolute Gasteiger partial charge is 0.342 e. The molecule has 0 amide bonds. The molecule has 0 unspecified atom stereocenters. The van der Waals surface area contributed by atoms with Gasteiger partial charge < -0.3 is 14.8 Å². The molecule has 0 spiro atoms. The Kier molecular flexibility index (Phi) is 3.05. The first-order chi connectivity index (χ1) is 7.70. The predicted molar refractivity (Wildman–Crippen MR) is 59.8 cm³/mol. The molecule has 86 valence electrons. The predicted octanol–water partition coefficient (Wildman–Crippen LogP) is 1.50. The fourth-order valence-electron chi connectivity index (χ4n) is 1.51. The van der Waals surface area contributed by atoms with Crippen molar-refractivity contribution < 1.29 is 4.52 Å². The molecule has 2 aromatic rings. The summed E-state index contributed by atoms with van der Waals surface area (Å²) in [5.41, 5.74) is 6.68. The van der Waals surface area contributed by atoms with Gasteiger partial charge in [0.1, 0.15) is 0 Å². The average Bonchev–Trinajstić information content (AvgIpc) is 2.87. The average molecular weight is 220 g/mol. The van der Waals surface area contributed by atoms with Crippen molar-refractivity contribution in [2.75, 3.05) is 0 Å². The van der Waals surface area contributed by atoms with Crippen molar-refractivity contribution in [1.82, 2.24) is 14.7 Å². The van der Waals surface area contributed by atoms with E-state index in [1.165, 1.54) is 0 Å². The normalized spacial score (nSPS) is 11.2. The second-order valence-corrected chi connectivity index (χ2v) is 4.04. The maximum absolute atomic E-state index is 5.62. The lowest BCUT2D eigenvalue weighted by Gasteiger charge is -2.03. The van der Waals surface area contributed by atoms with Gasteiger partial charge in [-0.15, -0.1) is 0 Å². The zero-order chi connectivity index (χ0) is 11.5. The summed E-state index contributed by atoms with van der Waals surface area (Å²) in [6.45, 7) is 5.17. The highest BCUT2D eigenvalue weighted by Crippen LogP contribution is 2.12. The van der Waals surface area contributed by atoms with E-state index >= 15 is 0 Å². The van der Waals surface area contributed by atoms with E-state index in [9.17, 15) is 0 Å². The van der Waals surface area contributed by atoms with E-state index in [-0.39, 0.29) is 5.92 Å². The molecule has 0 aliphatic carbocycles. The smallest absolute Gasteiger partial charge is 0.229 e. The van der Waals surface area contributed by atoms with Crippen molar-refractivity contribution >= 4 is 0 Å². The van der Waals surface area contributed by atoms with Gasteiger partial charge in [0.25, 0.3) is 0 Å². The van der Waals surface area contributed by atoms with Crippen LogP contribution >= 0.6 is 0 Å². The minimum atomic E-state index is 0.264. The van der Waals surface area contributed by atoms with Gasteiger partial charge in [0.15, 0.2) is 5.82 Å². The van der Waals surface area contributed by atoms with Crippen molar-refractivity contribution in [3.8, 4) is 0 Å². The maximum atomic E-state index is 5.62. The first kappa shape index (κ1) is 10.9. The Bertz CT molecular complexity index is 458. The number of rotatable bonds is 4. The molecule has 5 nitrogen and oxygen atoms in total. The Morgan fingerprint density at radius 1 is 1.50 bits per heavy atom. The van der Waals surface area contributed by atoms with Crippen LogP contribution in [0.25, 0.3) is 0 Å². The van der Waals surface area contributed by atoms with Crippen molar-refractivity contribution in [3.63, 3.8) is 0 Å². The SMILES string of the molecule is CC(C)c1nc(Cn2cccc2CN)no1. The topological polar surface area (TPSA) is 69.9 Å². The summed E-state index contributed by atoms with van der Waals surface area (Å²) < 4.78 is 7.17. The molecule has 0 bridgehead atoms. The molecule has 2 aromatic heterocycles. The van der Waals surface area contributed by atoms with Crippen LogP contribution in [-0.2, 0) is 13.1 Å². The Morgan fingerprint density at radius 3 is 2.94 bits per heavy atom. The van der Waals surface area contributed by atoms with Gasteiger partial charge in [-0.05, 0) is 12.1 Å². The lowest BCUT2D eigenvalue weighted by atomic mass is 10.2. The van der Waals surface area contributed by atoms with Crippen LogP contribution < -0.4 is 5.73 Å². The fraction of sp³-hybridized carbons (Fsp3) is 0.455. The quantitative estimate of drug-likeness (QED) is 0.847. The monoisotopic (exact) mass is 220 g/mol. The Labute approximate surface area is 94.3 Å². The van der Waals surface area contributed by atoms with Gasteiger partial charge in [0.05, 0.1) is 6.54 Å². The molecule has 2 N–H and O–H groups in total. The van der Waals surface area contributed by atoms with Crippen LogP contribution in [0, 0.1) is 0 Å².